The van der Waals surface area contributed by atoms with Gasteiger partial charge in [0.25, 0.3) is 0 Å². The van der Waals surface area contributed by atoms with Gasteiger partial charge >= 0.3 is 0 Å². The molecule has 0 spiro atoms. The van der Waals surface area contributed by atoms with Crippen LogP contribution in [0.5, 0.6) is 17.2 Å². The highest BCUT2D eigenvalue weighted by Gasteiger charge is 2.15. The Hall–Kier alpha value is -1.61. The fraction of sp³-hybridized carbons (Fsp3) is 0.412. The topological polar surface area (TPSA) is 27.7 Å². The lowest BCUT2D eigenvalue weighted by Crippen LogP contribution is -2.08. The van der Waals surface area contributed by atoms with Gasteiger partial charge in [-0.05, 0) is 20.3 Å². The summed E-state index contributed by atoms with van der Waals surface area (Å²) in [5, 5.41) is 2.01. The summed E-state index contributed by atoms with van der Waals surface area (Å²) >= 11 is 5.70. The average Bonchev–Trinajstić information content (AvgIpc) is 2.49. The number of hydrogen-bond acceptors (Lipinski definition) is 3. The quantitative estimate of drug-likeness (QED) is 0.551. The number of ether oxygens (including phenoxy) is 3. The summed E-state index contributed by atoms with van der Waals surface area (Å²) in [6.07, 6.45) is 0.882. The van der Waals surface area contributed by atoms with Crippen LogP contribution in [0.15, 0.2) is 30.3 Å². The van der Waals surface area contributed by atoms with Gasteiger partial charge in [0, 0.05) is 22.7 Å². The monoisotopic (exact) mass is 308 g/mol. The van der Waals surface area contributed by atoms with E-state index in [9.17, 15) is 0 Å². The van der Waals surface area contributed by atoms with Crippen LogP contribution < -0.4 is 14.2 Å². The first-order valence-electron chi connectivity index (χ1n) is 7.12. The van der Waals surface area contributed by atoms with E-state index < -0.39 is 0 Å². The molecule has 0 radical (unpaired) electrons. The highest BCUT2D eigenvalue weighted by molar-refractivity contribution is 6.17. The smallest absolute Gasteiger partial charge is 0.169 e. The van der Waals surface area contributed by atoms with Crippen LogP contribution in [-0.4, -0.2) is 25.7 Å². The van der Waals surface area contributed by atoms with Crippen LogP contribution >= 0.6 is 11.6 Å². The van der Waals surface area contributed by atoms with Crippen LogP contribution in [0.3, 0.4) is 0 Å². The molecule has 0 saturated carbocycles. The lowest BCUT2D eigenvalue weighted by molar-refractivity contribution is 0.232. The molecule has 4 heteroatoms. The molecule has 0 aliphatic heterocycles. The molecule has 0 saturated heterocycles. The van der Waals surface area contributed by atoms with E-state index in [1.165, 1.54) is 0 Å². The van der Waals surface area contributed by atoms with Crippen LogP contribution in [0.1, 0.15) is 20.3 Å². The first kappa shape index (κ1) is 15.8. The fourth-order valence-corrected chi connectivity index (χ4v) is 2.27. The number of hydrogen-bond donors (Lipinski definition) is 0. The zero-order chi connectivity index (χ0) is 15.2. The van der Waals surface area contributed by atoms with Crippen molar-refractivity contribution in [3.63, 3.8) is 0 Å². The van der Waals surface area contributed by atoms with E-state index in [1.54, 1.807) is 7.11 Å². The number of alkyl halides is 1. The Morgan fingerprint density at radius 2 is 1.81 bits per heavy atom. The van der Waals surface area contributed by atoms with Crippen molar-refractivity contribution in [1.29, 1.82) is 0 Å². The molecular weight excluding hydrogens is 288 g/mol. The molecule has 114 valence electrons. The van der Waals surface area contributed by atoms with Gasteiger partial charge in [0.05, 0.1) is 19.8 Å². The molecule has 0 aromatic heterocycles. The zero-order valence-corrected chi connectivity index (χ0v) is 13.4. The van der Waals surface area contributed by atoms with Crippen LogP contribution in [0.4, 0.5) is 0 Å². The summed E-state index contributed by atoms with van der Waals surface area (Å²) in [7, 11) is 1.64. The molecule has 0 atom stereocenters. The number of benzene rings is 2. The van der Waals surface area contributed by atoms with Crippen molar-refractivity contribution in [3.05, 3.63) is 30.3 Å². The lowest BCUT2D eigenvalue weighted by atomic mass is 10.1. The van der Waals surface area contributed by atoms with E-state index in [4.69, 9.17) is 25.8 Å². The van der Waals surface area contributed by atoms with E-state index in [0.717, 1.165) is 28.7 Å². The molecule has 0 fully saturated rings. The molecule has 0 heterocycles. The summed E-state index contributed by atoms with van der Waals surface area (Å²) in [4.78, 5) is 0. The summed E-state index contributed by atoms with van der Waals surface area (Å²) in [5.74, 6) is 2.82. The van der Waals surface area contributed by atoms with Crippen LogP contribution in [0.25, 0.3) is 10.8 Å². The molecule has 3 nitrogen and oxygen atoms in total. The maximum Gasteiger partial charge on any atom is 0.169 e. The Labute approximate surface area is 130 Å². The second kappa shape index (κ2) is 7.41. The normalized spacial score (nSPS) is 10.9. The van der Waals surface area contributed by atoms with Gasteiger partial charge in [-0.15, -0.1) is 11.6 Å². The second-order valence-corrected chi connectivity index (χ2v) is 5.39. The maximum atomic E-state index is 5.93. The molecule has 0 N–H and O–H groups in total. The Morgan fingerprint density at radius 1 is 1.10 bits per heavy atom. The van der Waals surface area contributed by atoms with Crippen molar-refractivity contribution >= 4 is 22.4 Å². The van der Waals surface area contributed by atoms with Crippen molar-refractivity contribution < 1.29 is 14.2 Å². The zero-order valence-electron chi connectivity index (χ0n) is 12.7. The molecule has 0 unspecified atom stereocenters. The van der Waals surface area contributed by atoms with E-state index in [-0.39, 0.29) is 6.10 Å². The molecule has 0 aliphatic rings. The van der Waals surface area contributed by atoms with E-state index in [0.29, 0.717) is 18.2 Å². The van der Waals surface area contributed by atoms with Gasteiger partial charge in [-0.2, -0.15) is 0 Å². The van der Waals surface area contributed by atoms with Crippen molar-refractivity contribution in [1.82, 2.24) is 0 Å². The number of methoxy groups -OCH3 is 1. The molecule has 0 amide bonds. The average molecular weight is 309 g/mol. The van der Waals surface area contributed by atoms with Crippen molar-refractivity contribution in [2.45, 2.75) is 26.4 Å². The Bertz CT molecular complexity index is 596. The highest BCUT2D eigenvalue weighted by Crippen LogP contribution is 2.41. The van der Waals surface area contributed by atoms with Gasteiger partial charge in [0.15, 0.2) is 11.5 Å². The molecule has 0 bridgehead atoms. The Morgan fingerprint density at radius 3 is 2.43 bits per heavy atom. The minimum absolute atomic E-state index is 0.0744. The largest absolute Gasteiger partial charge is 0.493 e. The number of halogens is 1. The van der Waals surface area contributed by atoms with Crippen LogP contribution in [-0.2, 0) is 0 Å². The van der Waals surface area contributed by atoms with Crippen molar-refractivity contribution in [3.8, 4) is 17.2 Å². The third kappa shape index (κ3) is 3.73. The summed E-state index contributed by atoms with van der Waals surface area (Å²) in [6, 6.07) is 9.90. The fourth-order valence-electron chi connectivity index (χ4n) is 2.16. The summed E-state index contributed by atoms with van der Waals surface area (Å²) < 4.78 is 17.2. The number of fused-ring (bicyclic) bond motifs is 1. The molecule has 0 aliphatic carbocycles. The predicted octanol–water partition coefficient (Wildman–Crippen LogP) is 4.64. The Balaban J connectivity index is 2.50. The molecule has 21 heavy (non-hydrogen) atoms. The van der Waals surface area contributed by atoms with Gasteiger partial charge in [-0.3, -0.25) is 0 Å². The van der Waals surface area contributed by atoms with Gasteiger partial charge in [0.1, 0.15) is 5.75 Å². The predicted molar refractivity (Wildman–Crippen MR) is 87.1 cm³/mol. The third-order valence-corrected chi connectivity index (χ3v) is 3.30. The Kier molecular flexibility index (Phi) is 5.57. The molecule has 2 aromatic rings. The molecule has 2 rings (SSSR count). The SMILES string of the molecule is COc1cc(OCCCCl)c2ccccc2c1OC(C)C. The van der Waals surface area contributed by atoms with Crippen LogP contribution in [0.2, 0.25) is 0 Å². The first-order chi connectivity index (χ1) is 10.2. The van der Waals surface area contributed by atoms with Crippen molar-refractivity contribution in [2.75, 3.05) is 19.6 Å². The van der Waals surface area contributed by atoms with E-state index in [2.05, 4.69) is 0 Å². The lowest BCUT2D eigenvalue weighted by Gasteiger charge is -2.18. The first-order valence-corrected chi connectivity index (χ1v) is 7.66. The molecular formula is C17H21ClO3. The third-order valence-electron chi connectivity index (χ3n) is 3.03. The van der Waals surface area contributed by atoms with E-state index >= 15 is 0 Å². The summed E-state index contributed by atoms with van der Waals surface area (Å²) in [5.41, 5.74) is 0. The standard InChI is InChI=1S/C17H21ClO3/c1-12(2)21-17-14-8-5-4-7-13(14)15(11-16(17)19-3)20-10-6-9-18/h4-5,7-8,11-12H,6,9-10H2,1-3H3. The van der Waals surface area contributed by atoms with Gasteiger partial charge < -0.3 is 14.2 Å². The number of rotatable bonds is 7. The maximum absolute atomic E-state index is 5.93. The van der Waals surface area contributed by atoms with Gasteiger partial charge in [-0.1, -0.05) is 24.3 Å². The van der Waals surface area contributed by atoms with Gasteiger partial charge in [0.2, 0.25) is 0 Å². The van der Waals surface area contributed by atoms with Crippen molar-refractivity contribution in [2.24, 2.45) is 0 Å². The molecule has 2 aromatic carbocycles. The van der Waals surface area contributed by atoms with Gasteiger partial charge in [-0.25, -0.2) is 0 Å². The van der Waals surface area contributed by atoms with Crippen LogP contribution in [0, 0.1) is 0 Å². The highest BCUT2D eigenvalue weighted by atomic mass is 35.5. The minimum atomic E-state index is 0.0744. The second-order valence-electron chi connectivity index (χ2n) is 5.01. The summed E-state index contributed by atoms with van der Waals surface area (Å²) in [6.45, 7) is 4.58. The minimum Gasteiger partial charge on any atom is -0.493 e. The van der Waals surface area contributed by atoms with E-state index in [1.807, 2.05) is 44.2 Å².